The first-order chi connectivity index (χ1) is 8.51. The minimum absolute atomic E-state index is 0.107. The van der Waals surface area contributed by atoms with Crippen LogP contribution in [0.1, 0.15) is 40.0 Å². The molecule has 0 spiro atoms. The van der Waals surface area contributed by atoms with E-state index in [0.29, 0.717) is 6.42 Å². The molecule has 3 nitrogen and oxygen atoms in total. The second kappa shape index (κ2) is 8.92. The standard InChI is InChI=1S/C15H28N2O/c1-7-10-14(18)15(11(4)8-2)17-12(5)13(9-3)16-6/h8,11,13,15-17H,2,5,7,9-10H2,1,3-4,6H3/t11?,13-,15?/m0/s1. The Morgan fingerprint density at radius 2 is 2.00 bits per heavy atom. The van der Waals surface area contributed by atoms with Gasteiger partial charge in [-0.1, -0.05) is 33.4 Å². The van der Waals surface area contributed by atoms with E-state index >= 15 is 0 Å². The Kier molecular flexibility index (Phi) is 8.38. The predicted octanol–water partition coefficient (Wildman–Crippen LogP) is 2.65. The lowest BCUT2D eigenvalue weighted by Crippen LogP contribution is -2.45. The summed E-state index contributed by atoms with van der Waals surface area (Å²) in [5, 5.41) is 6.46. The number of nitrogens with one attached hydrogen (secondary N) is 2. The summed E-state index contributed by atoms with van der Waals surface area (Å²) >= 11 is 0. The molecule has 18 heavy (non-hydrogen) atoms. The fraction of sp³-hybridized carbons (Fsp3) is 0.667. The van der Waals surface area contributed by atoms with Gasteiger partial charge >= 0.3 is 0 Å². The molecule has 0 aliphatic heterocycles. The largest absolute Gasteiger partial charge is 0.377 e. The molecule has 3 heteroatoms. The molecule has 0 radical (unpaired) electrons. The van der Waals surface area contributed by atoms with Gasteiger partial charge in [0.15, 0.2) is 5.78 Å². The fourth-order valence-electron chi connectivity index (χ4n) is 1.97. The van der Waals surface area contributed by atoms with Gasteiger partial charge in [-0.05, 0) is 19.9 Å². The van der Waals surface area contributed by atoms with Crippen LogP contribution in [0.15, 0.2) is 24.9 Å². The van der Waals surface area contributed by atoms with E-state index in [1.54, 1.807) is 0 Å². The van der Waals surface area contributed by atoms with Crippen LogP contribution in [0.2, 0.25) is 0 Å². The van der Waals surface area contributed by atoms with Crippen molar-refractivity contribution in [2.45, 2.75) is 52.1 Å². The lowest BCUT2D eigenvalue weighted by molar-refractivity contribution is -0.121. The van der Waals surface area contributed by atoms with Gasteiger partial charge in [0, 0.05) is 24.1 Å². The van der Waals surface area contributed by atoms with Gasteiger partial charge in [-0.3, -0.25) is 4.79 Å². The molecule has 0 aliphatic carbocycles. The number of hydrogen-bond acceptors (Lipinski definition) is 3. The van der Waals surface area contributed by atoms with Crippen LogP contribution in [0.5, 0.6) is 0 Å². The fourth-order valence-corrected chi connectivity index (χ4v) is 1.97. The Balaban J connectivity index is 4.73. The number of hydrogen-bond donors (Lipinski definition) is 2. The van der Waals surface area contributed by atoms with Gasteiger partial charge in [-0.25, -0.2) is 0 Å². The zero-order chi connectivity index (χ0) is 14.1. The van der Waals surface area contributed by atoms with Crippen molar-refractivity contribution in [3.63, 3.8) is 0 Å². The normalized spacial score (nSPS) is 15.6. The van der Waals surface area contributed by atoms with Crippen molar-refractivity contribution in [1.82, 2.24) is 10.6 Å². The highest BCUT2D eigenvalue weighted by atomic mass is 16.1. The number of likely N-dealkylation sites (N-methyl/N-ethyl adjacent to an activating group) is 1. The molecule has 0 aliphatic rings. The highest BCUT2D eigenvalue weighted by molar-refractivity contribution is 5.84. The van der Waals surface area contributed by atoms with Crippen molar-refractivity contribution < 1.29 is 4.79 Å². The zero-order valence-electron chi connectivity index (χ0n) is 12.3. The molecule has 0 aromatic heterocycles. The molecule has 0 aromatic carbocycles. The van der Waals surface area contributed by atoms with Crippen molar-refractivity contribution in [1.29, 1.82) is 0 Å². The Labute approximate surface area is 112 Å². The molecule has 0 aromatic rings. The first kappa shape index (κ1) is 16.9. The molecule has 0 amide bonds. The second-order valence-corrected chi connectivity index (χ2v) is 4.71. The summed E-state index contributed by atoms with van der Waals surface area (Å²) in [6, 6.07) is -0.0173. The Morgan fingerprint density at radius 1 is 1.39 bits per heavy atom. The minimum atomic E-state index is -0.211. The van der Waals surface area contributed by atoms with Crippen LogP contribution < -0.4 is 10.6 Å². The molecular formula is C15H28N2O. The Morgan fingerprint density at radius 3 is 2.39 bits per heavy atom. The maximum absolute atomic E-state index is 12.1. The van der Waals surface area contributed by atoms with Gasteiger partial charge in [-0.15, -0.1) is 6.58 Å². The van der Waals surface area contributed by atoms with Gasteiger partial charge in [-0.2, -0.15) is 0 Å². The molecule has 0 fully saturated rings. The van der Waals surface area contributed by atoms with E-state index in [1.807, 2.05) is 27.0 Å². The van der Waals surface area contributed by atoms with Crippen LogP contribution in [0.25, 0.3) is 0 Å². The molecule has 0 heterocycles. The number of carbonyl (C=O) groups is 1. The van der Waals surface area contributed by atoms with Gasteiger partial charge in [0.1, 0.15) is 0 Å². The van der Waals surface area contributed by atoms with Gasteiger partial charge in [0.25, 0.3) is 0 Å². The quantitative estimate of drug-likeness (QED) is 0.587. The third kappa shape index (κ3) is 5.05. The van der Waals surface area contributed by atoms with Crippen LogP contribution in [0, 0.1) is 5.92 Å². The maximum atomic E-state index is 12.1. The summed E-state index contributed by atoms with van der Waals surface area (Å²) in [6.07, 6.45) is 4.23. The van der Waals surface area contributed by atoms with E-state index in [-0.39, 0.29) is 23.8 Å². The first-order valence-corrected chi connectivity index (χ1v) is 6.79. The zero-order valence-corrected chi connectivity index (χ0v) is 12.3. The summed E-state index contributed by atoms with van der Waals surface area (Å²) in [7, 11) is 1.90. The highest BCUT2D eigenvalue weighted by Crippen LogP contribution is 2.12. The average Bonchev–Trinajstić information content (AvgIpc) is 2.36. The second-order valence-electron chi connectivity index (χ2n) is 4.71. The van der Waals surface area contributed by atoms with Crippen molar-refractivity contribution in [2.75, 3.05) is 7.05 Å². The van der Waals surface area contributed by atoms with E-state index in [1.165, 1.54) is 0 Å². The number of rotatable bonds is 10. The van der Waals surface area contributed by atoms with Crippen molar-refractivity contribution in [2.24, 2.45) is 5.92 Å². The highest BCUT2D eigenvalue weighted by Gasteiger charge is 2.23. The Hall–Kier alpha value is -1.09. The van der Waals surface area contributed by atoms with E-state index in [2.05, 4.69) is 30.7 Å². The summed E-state index contributed by atoms with van der Waals surface area (Å²) in [6.45, 7) is 13.9. The monoisotopic (exact) mass is 252 g/mol. The molecule has 3 atom stereocenters. The molecule has 0 saturated heterocycles. The van der Waals surface area contributed by atoms with E-state index in [4.69, 9.17) is 0 Å². The molecule has 104 valence electrons. The molecular weight excluding hydrogens is 224 g/mol. The van der Waals surface area contributed by atoms with Crippen molar-refractivity contribution in [3.8, 4) is 0 Å². The Bertz CT molecular complexity index is 282. The van der Waals surface area contributed by atoms with E-state index < -0.39 is 0 Å². The van der Waals surface area contributed by atoms with E-state index in [0.717, 1.165) is 18.5 Å². The van der Waals surface area contributed by atoms with Crippen LogP contribution in [0.3, 0.4) is 0 Å². The molecule has 0 rings (SSSR count). The SMILES string of the molecule is C=CC(C)C(NC(=C)[C@H](CC)NC)C(=O)CCC. The molecule has 0 saturated carbocycles. The predicted molar refractivity (Wildman–Crippen MR) is 78.5 cm³/mol. The van der Waals surface area contributed by atoms with Gasteiger partial charge < -0.3 is 10.6 Å². The number of carbonyl (C=O) groups excluding carboxylic acids is 1. The summed E-state index contributed by atoms with van der Waals surface area (Å²) in [5.74, 6) is 0.340. The van der Waals surface area contributed by atoms with Crippen molar-refractivity contribution in [3.05, 3.63) is 24.9 Å². The van der Waals surface area contributed by atoms with Crippen LogP contribution in [0.4, 0.5) is 0 Å². The van der Waals surface area contributed by atoms with Crippen molar-refractivity contribution >= 4 is 5.78 Å². The number of Topliss-reactive ketones (excluding diaryl/α,β-unsaturated/α-hetero) is 1. The minimum Gasteiger partial charge on any atom is -0.377 e. The number of ketones is 1. The molecule has 2 N–H and O–H groups in total. The van der Waals surface area contributed by atoms with E-state index in [9.17, 15) is 4.79 Å². The smallest absolute Gasteiger partial charge is 0.155 e. The average molecular weight is 252 g/mol. The molecule has 0 bridgehead atoms. The third-order valence-electron chi connectivity index (χ3n) is 3.26. The molecule has 2 unspecified atom stereocenters. The van der Waals surface area contributed by atoms with Crippen LogP contribution in [-0.4, -0.2) is 24.9 Å². The lowest BCUT2D eigenvalue weighted by atomic mass is 9.94. The lowest BCUT2D eigenvalue weighted by Gasteiger charge is -2.27. The topological polar surface area (TPSA) is 41.1 Å². The van der Waals surface area contributed by atoms with Crippen LogP contribution in [-0.2, 0) is 4.79 Å². The third-order valence-corrected chi connectivity index (χ3v) is 3.26. The summed E-state index contributed by atoms with van der Waals surface area (Å²) in [4.78, 5) is 12.1. The van der Waals surface area contributed by atoms with Gasteiger partial charge in [0.05, 0.1) is 6.04 Å². The summed E-state index contributed by atoms with van der Waals surface area (Å²) in [5.41, 5.74) is 0.878. The van der Waals surface area contributed by atoms with Crippen LogP contribution >= 0.6 is 0 Å². The van der Waals surface area contributed by atoms with Gasteiger partial charge in [0.2, 0.25) is 0 Å². The summed E-state index contributed by atoms with van der Waals surface area (Å²) < 4.78 is 0. The first-order valence-electron chi connectivity index (χ1n) is 6.79. The maximum Gasteiger partial charge on any atom is 0.155 e.